The Kier molecular flexibility index (Phi) is 7.26. The summed E-state index contributed by atoms with van der Waals surface area (Å²) in [5.41, 5.74) is 6.34. The Balaban J connectivity index is 0.00000324. The first-order chi connectivity index (χ1) is 8.49. The molecule has 0 heterocycles. The maximum Gasteiger partial charge on any atom is 0.228 e. The number of hydrogen-bond donors (Lipinski definition) is 2. The molecule has 1 aromatic rings. The van der Waals surface area contributed by atoms with E-state index in [-0.39, 0.29) is 30.3 Å². The van der Waals surface area contributed by atoms with Crippen molar-refractivity contribution in [2.45, 2.75) is 19.9 Å². The van der Waals surface area contributed by atoms with Crippen LogP contribution in [0.1, 0.15) is 13.8 Å². The standard InChI is InChI=1S/C13H20N2O3.ClH/c1-8(9(2)14)13(16)15-10-5-6-11(17-3)12(7-10)18-4;/h5-9H,14H2,1-4H3,(H,15,16);1H. The average Bonchev–Trinajstić information content (AvgIpc) is 2.37. The van der Waals surface area contributed by atoms with Crippen molar-refractivity contribution in [3.63, 3.8) is 0 Å². The third kappa shape index (κ3) is 4.61. The lowest BCUT2D eigenvalue weighted by atomic mass is 10.0. The van der Waals surface area contributed by atoms with Crippen LogP contribution in [-0.4, -0.2) is 26.2 Å². The normalized spacial score (nSPS) is 12.9. The number of nitrogens with two attached hydrogens (primary N) is 1. The molecule has 19 heavy (non-hydrogen) atoms. The largest absolute Gasteiger partial charge is 0.493 e. The van der Waals surface area contributed by atoms with E-state index in [9.17, 15) is 4.79 Å². The summed E-state index contributed by atoms with van der Waals surface area (Å²) in [4.78, 5) is 11.8. The number of halogens is 1. The first-order valence-electron chi connectivity index (χ1n) is 5.78. The van der Waals surface area contributed by atoms with Gasteiger partial charge >= 0.3 is 0 Å². The first kappa shape index (κ1) is 17.5. The minimum Gasteiger partial charge on any atom is -0.493 e. The second-order valence-corrected chi connectivity index (χ2v) is 4.21. The second kappa shape index (κ2) is 7.86. The van der Waals surface area contributed by atoms with E-state index in [0.717, 1.165) is 0 Å². The minimum absolute atomic E-state index is 0. The topological polar surface area (TPSA) is 73.6 Å². The van der Waals surface area contributed by atoms with Crippen molar-refractivity contribution in [2.75, 3.05) is 19.5 Å². The number of benzene rings is 1. The molecule has 0 aliphatic carbocycles. The summed E-state index contributed by atoms with van der Waals surface area (Å²) in [6.45, 7) is 3.60. The van der Waals surface area contributed by atoms with Gasteiger partial charge in [0.15, 0.2) is 11.5 Å². The molecule has 0 fully saturated rings. The number of amides is 1. The maximum atomic E-state index is 11.8. The van der Waals surface area contributed by atoms with Gasteiger partial charge in [0, 0.05) is 17.8 Å². The molecule has 0 saturated carbocycles. The summed E-state index contributed by atoms with van der Waals surface area (Å²) in [5.74, 6) is 0.829. The Morgan fingerprint density at radius 3 is 2.26 bits per heavy atom. The van der Waals surface area contributed by atoms with Crippen LogP contribution in [0.15, 0.2) is 18.2 Å². The van der Waals surface area contributed by atoms with Crippen LogP contribution in [0.25, 0.3) is 0 Å². The number of methoxy groups -OCH3 is 2. The minimum atomic E-state index is -0.252. The predicted octanol–water partition coefficient (Wildman–Crippen LogP) is 2.05. The van der Waals surface area contributed by atoms with Crippen molar-refractivity contribution in [1.29, 1.82) is 0 Å². The molecule has 0 aromatic heterocycles. The third-order valence-corrected chi connectivity index (χ3v) is 2.85. The summed E-state index contributed by atoms with van der Waals surface area (Å²) in [7, 11) is 3.11. The van der Waals surface area contributed by atoms with Crippen molar-refractivity contribution < 1.29 is 14.3 Å². The fourth-order valence-corrected chi connectivity index (χ4v) is 1.41. The van der Waals surface area contributed by atoms with Gasteiger partial charge in [0.25, 0.3) is 0 Å². The van der Waals surface area contributed by atoms with Gasteiger partial charge in [0.05, 0.1) is 20.1 Å². The SMILES string of the molecule is COc1ccc(NC(=O)C(C)C(C)N)cc1OC.Cl. The van der Waals surface area contributed by atoms with E-state index in [4.69, 9.17) is 15.2 Å². The van der Waals surface area contributed by atoms with Gasteiger partial charge in [-0.15, -0.1) is 12.4 Å². The van der Waals surface area contributed by atoms with E-state index in [2.05, 4.69) is 5.32 Å². The lowest BCUT2D eigenvalue weighted by Gasteiger charge is -2.16. The van der Waals surface area contributed by atoms with Crippen LogP contribution >= 0.6 is 12.4 Å². The molecule has 3 N–H and O–H groups in total. The summed E-state index contributed by atoms with van der Waals surface area (Å²) in [6, 6.07) is 5.02. The van der Waals surface area contributed by atoms with E-state index in [1.807, 2.05) is 0 Å². The van der Waals surface area contributed by atoms with Crippen LogP contribution in [0, 0.1) is 5.92 Å². The molecule has 1 amide bonds. The fraction of sp³-hybridized carbons (Fsp3) is 0.462. The molecule has 0 spiro atoms. The van der Waals surface area contributed by atoms with E-state index in [1.165, 1.54) is 0 Å². The van der Waals surface area contributed by atoms with Gasteiger partial charge in [0.2, 0.25) is 5.91 Å². The van der Waals surface area contributed by atoms with Crippen LogP contribution < -0.4 is 20.5 Å². The van der Waals surface area contributed by atoms with Gasteiger partial charge < -0.3 is 20.5 Å². The Bertz CT molecular complexity index is 424. The van der Waals surface area contributed by atoms with Crippen LogP contribution in [0.3, 0.4) is 0 Å². The van der Waals surface area contributed by atoms with Crippen LogP contribution in [0.2, 0.25) is 0 Å². The highest BCUT2D eigenvalue weighted by Crippen LogP contribution is 2.29. The molecule has 108 valence electrons. The van der Waals surface area contributed by atoms with E-state index >= 15 is 0 Å². The van der Waals surface area contributed by atoms with Crippen LogP contribution in [0.4, 0.5) is 5.69 Å². The zero-order chi connectivity index (χ0) is 13.7. The monoisotopic (exact) mass is 288 g/mol. The molecule has 0 radical (unpaired) electrons. The number of rotatable bonds is 5. The first-order valence-corrected chi connectivity index (χ1v) is 5.78. The number of carbonyl (C=O) groups excluding carboxylic acids is 1. The molecular formula is C13H21ClN2O3. The Morgan fingerprint density at radius 2 is 1.79 bits per heavy atom. The molecule has 1 rings (SSSR count). The van der Waals surface area contributed by atoms with Crippen molar-refractivity contribution in [2.24, 2.45) is 11.7 Å². The molecule has 0 aliphatic heterocycles. The van der Waals surface area contributed by atoms with E-state index in [0.29, 0.717) is 17.2 Å². The highest BCUT2D eigenvalue weighted by molar-refractivity contribution is 5.93. The van der Waals surface area contributed by atoms with Gasteiger partial charge in [-0.25, -0.2) is 0 Å². The molecule has 0 saturated heterocycles. The second-order valence-electron chi connectivity index (χ2n) is 4.21. The third-order valence-electron chi connectivity index (χ3n) is 2.85. The quantitative estimate of drug-likeness (QED) is 0.870. The number of hydrogen-bond acceptors (Lipinski definition) is 4. The van der Waals surface area contributed by atoms with Gasteiger partial charge in [0.1, 0.15) is 0 Å². The van der Waals surface area contributed by atoms with Crippen molar-refractivity contribution in [3.05, 3.63) is 18.2 Å². The zero-order valence-electron chi connectivity index (χ0n) is 11.6. The van der Waals surface area contributed by atoms with Crippen molar-refractivity contribution in [3.8, 4) is 11.5 Å². The molecular weight excluding hydrogens is 268 g/mol. The number of nitrogens with one attached hydrogen (secondary N) is 1. The molecule has 1 aromatic carbocycles. The summed E-state index contributed by atoms with van der Waals surface area (Å²) in [6.07, 6.45) is 0. The molecule has 2 atom stereocenters. The molecule has 2 unspecified atom stereocenters. The maximum absolute atomic E-state index is 11.8. The van der Waals surface area contributed by atoms with Crippen molar-refractivity contribution in [1.82, 2.24) is 0 Å². The number of anilines is 1. The van der Waals surface area contributed by atoms with Crippen molar-refractivity contribution >= 4 is 24.0 Å². The Labute approximate surface area is 119 Å². The highest BCUT2D eigenvalue weighted by Gasteiger charge is 2.17. The van der Waals surface area contributed by atoms with Gasteiger partial charge in [-0.1, -0.05) is 6.92 Å². The average molecular weight is 289 g/mol. The lowest BCUT2D eigenvalue weighted by Crippen LogP contribution is -2.34. The molecule has 5 nitrogen and oxygen atoms in total. The highest BCUT2D eigenvalue weighted by atomic mass is 35.5. The van der Waals surface area contributed by atoms with E-state index in [1.54, 1.807) is 46.3 Å². The summed E-state index contributed by atoms with van der Waals surface area (Å²) in [5, 5.41) is 2.79. The Morgan fingerprint density at radius 1 is 1.21 bits per heavy atom. The van der Waals surface area contributed by atoms with Gasteiger partial charge in [-0.05, 0) is 19.1 Å². The van der Waals surface area contributed by atoms with Gasteiger partial charge in [-0.2, -0.15) is 0 Å². The summed E-state index contributed by atoms with van der Waals surface area (Å²) < 4.78 is 10.3. The van der Waals surface area contributed by atoms with Gasteiger partial charge in [-0.3, -0.25) is 4.79 Å². The van der Waals surface area contributed by atoms with Crippen LogP contribution in [-0.2, 0) is 4.79 Å². The van der Waals surface area contributed by atoms with Crippen LogP contribution in [0.5, 0.6) is 11.5 Å². The number of ether oxygens (including phenoxy) is 2. The summed E-state index contributed by atoms with van der Waals surface area (Å²) >= 11 is 0. The Hall–Kier alpha value is -1.46. The smallest absolute Gasteiger partial charge is 0.228 e. The number of carbonyl (C=O) groups is 1. The molecule has 0 bridgehead atoms. The molecule has 6 heteroatoms. The predicted molar refractivity (Wildman–Crippen MR) is 78.2 cm³/mol. The van der Waals surface area contributed by atoms with E-state index < -0.39 is 0 Å². The molecule has 0 aliphatic rings. The zero-order valence-corrected chi connectivity index (χ0v) is 12.4. The lowest BCUT2D eigenvalue weighted by molar-refractivity contribution is -0.119. The fourth-order valence-electron chi connectivity index (χ4n) is 1.41.